The monoisotopic (exact) mass is 162 g/mol. The Bertz CT molecular complexity index is 303. The van der Waals surface area contributed by atoms with Gasteiger partial charge in [0.05, 0.1) is 6.54 Å². The number of aliphatic imine (C=N–C) groups is 1. The Morgan fingerprint density at radius 3 is 3.17 bits per heavy atom. The van der Waals surface area contributed by atoms with Gasteiger partial charge in [0.1, 0.15) is 0 Å². The standard InChI is InChI=1S/C9H10N2O/c1-8-6-10-4-2-9(8)3-5-11-7-12/h2,4,6H,3,5H2,1H3. The zero-order valence-corrected chi connectivity index (χ0v) is 6.95. The number of nitrogens with zero attached hydrogens (tertiary/aromatic N) is 2. The van der Waals surface area contributed by atoms with Crippen LogP contribution in [0, 0.1) is 6.92 Å². The van der Waals surface area contributed by atoms with Crippen LogP contribution in [0.1, 0.15) is 11.1 Å². The Hall–Kier alpha value is -1.47. The van der Waals surface area contributed by atoms with Crippen LogP contribution in [0.2, 0.25) is 0 Å². The summed E-state index contributed by atoms with van der Waals surface area (Å²) in [4.78, 5) is 17.2. The SMILES string of the molecule is Cc1cnccc1CCN=C=O. The minimum absolute atomic E-state index is 0.508. The van der Waals surface area contributed by atoms with Crippen LogP contribution in [-0.4, -0.2) is 17.6 Å². The van der Waals surface area contributed by atoms with Crippen molar-refractivity contribution in [3.63, 3.8) is 0 Å². The molecule has 3 nitrogen and oxygen atoms in total. The van der Waals surface area contributed by atoms with Gasteiger partial charge in [-0.05, 0) is 30.5 Å². The first-order valence-electron chi connectivity index (χ1n) is 3.77. The average molecular weight is 162 g/mol. The number of rotatable bonds is 3. The number of carbonyl (C=O) groups excluding carboxylic acids is 1. The highest BCUT2D eigenvalue weighted by molar-refractivity contribution is 5.33. The van der Waals surface area contributed by atoms with E-state index in [2.05, 4.69) is 9.98 Å². The quantitative estimate of drug-likeness (QED) is 0.496. The second-order valence-corrected chi connectivity index (χ2v) is 2.53. The molecule has 0 aliphatic rings. The largest absolute Gasteiger partial charge is 0.264 e. The lowest BCUT2D eigenvalue weighted by atomic mass is 10.1. The maximum absolute atomic E-state index is 9.78. The molecule has 1 heterocycles. The molecule has 0 saturated heterocycles. The first-order valence-corrected chi connectivity index (χ1v) is 3.77. The third kappa shape index (κ3) is 2.29. The number of hydrogen-bond donors (Lipinski definition) is 0. The molecule has 12 heavy (non-hydrogen) atoms. The molecule has 3 heteroatoms. The van der Waals surface area contributed by atoms with E-state index in [0.717, 1.165) is 12.0 Å². The van der Waals surface area contributed by atoms with Crippen LogP contribution < -0.4 is 0 Å². The maximum atomic E-state index is 9.78. The lowest BCUT2D eigenvalue weighted by molar-refractivity contribution is 0.563. The Labute approximate surface area is 71.2 Å². The van der Waals surface area contributed by atoms with Crippen LogP contribution in [0.15, 0.2) is 23.5 Å². The fourth-order valence-electron chi connectivity index (χ4n) is 1.00. The van der Waals surface area contributed by atoms with E-state index in [9.17, 15) is 4.79 Å². The molecular formula is C9H10N2O. The van der Waals surface area contributed by atoms with Gasteiger partial charge in [0.2, 0.25) is 6.08 Å². The molecular weight excluding hydrogens is 152 g/mol. The normalized spacial score (nSPS) is 9.08. The average Bonchev–Trinajstić information content (AvgIpc) is 2.09. The van der Waals surface area contributed by atoms with E-state index in [1.807, 2.05) is 13.0 Å². The lowest BCUT2D eigenvalue weighted by Crippen LogP contribution is -1.93. The molecule has 0 aliphatic carbocycles. The summed E-state index contributed by atoms with van der Waals surface area (Å²) in [6.07, 6.45) is 5.85. The van der Waals surface area contributed by atoms with Gasteiger partial charge in [-0.15, -0.1) is 0 Å². The van der Waals surface area contributed by atoms with Crippen LogP contribution in [-0.2, 0) is 11.2 Å². The molecule has 1 aromatic heterocycles. The summed E-state index contributed by atoms with van der Waals surface area (Å²) in [5.41, 5.74) is 2.32. The van der Waals surface area contributed by atoms with Crippen LogP contribution in [0.3, 0.4) is 0 Å². The molecule has 0 atom stereocenters. The Balaban J connectivity index is 2.62. The molecule has 1 rings (SSSR count). The van der Waals surface area contributed by atoms with Gasteiger partial charge in [-0.1, -0.05) is 0 Å². The zero-order valence-electron chi connectivity index (χ0n) is 6.95. The fraction of sp³-hybridized carbons (Fsp3) is 0.333. The van der Waals surface area contributed by atoms with Crippen LogP contribution in [0.4, 0.5) is 0 Å². The van der Waals surface area contributed by atoms with Crippen molar-refractivity contribution in [3.05, 3.63) is 29.6 Å². The number of isocyanates is 1. The van der Waals surface area contributed by atoms with E-state index in [0.29, 0.717) is 6.54 Å². The van der Waals surface area contributed by atoms with Gasteiger partial charge < -0.3 is 0 Å². The Morgan fingerprint density at radius 1 is 1.67 bits per heavy atom. The van der Waals surface area contributed by atoms with Crippen molar-refractivity contribution in [1.82, 2.24) is 4.98 Å². The first kappa shape index (κ1) is 8.62. The zero-order chi connectivity index (χ0) is 8.81. The Morgan fingerprint density at radius 2 is 2.50 bits per heavy atom. The fourth-order valence-corrected chi connectivity index (χ4v) is 1.00. The summed E-state index contributed by atoms with van der Waals surface area (Å²) in [5, 5.41) is 0. The van der Waals surface area contributed by atoms with Crippen molar-refractivity contribution in [3.8, 4) is 0 Å². The van der Waals surface area contributed by atoms with Crippen molar-refractivity contribution < 1.29 is 4.79 Å². The van der Waals surface area contributed by atoms with Gasteiger partial charge in [-0.3, -0.25) is 4.98 Å². The van der Waals surface area contributed by atoms with E-state index in [4.69, 9.17) is 0 Å². The maximum Gasteiger partial charge on any atom is 0.234 e. The van der Waals surface area contributed by atoms with E-state index in [1.165, 1.54) is 11.6 Å². The van der Waals surface area contributed by atoms with Crippen molar-refractivity contribution in [2.24, 2.45) is 4.99 Å². The van der Waals surface area contributed by atoms with Crippen LogP contribution in [0.5, 0.6) is 0 Å². The second-order valence-electron chi connectivity index (χ2n) is 2.53. The van der Waals surface area contributed by atoms with Gasteiger partial charge in [0.15, 0.2) is 0 Å². The molecule has 62 valence electrons. The topological polar surface area (TPSA) is 42.3 Å². The summed E-state index contributed by atoms with van der Waals surface area (Å²) >= 11 is 0. The molecule has 0 radical (unpaired) electrons. The number of hydrogen-bond acceptors (Lipinski definition) is 3. The molecule has 0 aromatic carbocycles. The highest BCUT2D eigenvalue weighted by Crippen LogP contribution is 2.05. The van der Waals surface area contributed by atoms with Crippen molar-refractivity contribution in [2.75, 3.05) is 6.54 Å². The van der Waals surface area contributed by atoms with E-state index < -0.39 is 0 Å². The summed E-state index contributed by atoms with van der Waals surface area (Å²) in [7, 11) is 0. The molecule has 0 aliphatic heterocycles. The molecule has 0 unspecified atom stereocenters. The molecule has 0 amide bonds. The highest BCUT2D eigenvalue weighted by Gasteiger charge is 1.95. The predicted octanol–water partition coefficient (Wildman–Crippen LogP) is 1.27. The minimum atomic E-state index is 0.508. The van der Waals surface area contributed by atoms with Gasteiger partial charge in [-0.25, -0.2) is 9.79 Å². The summed E-state index contributed by atoms with van der Waals surface area (Å²) in [6.45, 7) is 2.50. The molecule has 1 aromatic rings. The van der Waals surface area contributed by atoms with Crippen molar-refractivity contribution in [1.29, 1.82) is 0 Å². The molecule has 0 spiro atoms. The van der Waals surface area contributed by atoms with Gasteiger partial charge >= 0.3 is 0 Å². The van der Waals surface area contributed by atoms with Crippen molar-refractivity contribution >= 4 is 6.08 Å². The van der Waals surface area contributed by atoms with Gasteiger partial charge in [0, 0.05) is 12.4 Å². The highest BCUT2D eigenvalue weighted by atomic mass is 16.1. The Kier molecular flexibility index (Phi) is 3.17. The van der Waals surface area contributed by atoms with Gasteiger partial charge in [-0.2, -0.15) is 0 Å². The number of pyridine rings is 1. The third-order valence-electron chi connectivity index (χ3n) is 1.69. The summed E-state index contributed by atoms with van der Waals surface area (Å²) in [5.74, 6) is 0. The summed E-state index contributed by atoms with van der Waals surface area (Å²) in [6, 6.07) is 1.94. The summed E-state index contributed by atoms with van der Waals surface area (Å²) < 4.78 is 0. The van der Waals surface area contributed by atoms with E-state index in [-0.39, 0.29) is 0 Å². The van der Waals surface area contributed by atoms with Crippen molar-refractivity contribution in [2.45, 2.75) is 13.3 Å². The predicted molar refractivity (Wildman–Crippen MR) is 45.7 cm³/mol. The number of aryl methyl sites for hydroxylation is 1. The van der Waals surface area contributed by atoms with Crippen LogP contribution >= 0.6 is 0 Å². The molecule has 0 fully saturated rings. The smallest absolute Gasteiger partial charge is 0.234 e. The van der Waals surface area contributed by atoms with E-state index >= 15 is 0 Å². The number of aromatic nitrogens is 1. The molecule has 0 bridgehead atoms. The van der Waals surface area contributed by atoms with Crippen LogP contribution in [0.25, 0.3) is 0 Å². The second kappa shape index (κ2) is 4.42. The van der Waals surface area contributed by atoms with E-state index in [1.54, 1.807) is 12.4 Å². The van der Waals surface area contributed by atoms with Gasteiger partial charge in [0.25, 0.3) is 0 Å². The minimum Gasteiger partial charge on any atom is -0.264 e. The first-order chi connectivity index (χ1) is 5.84. The molecule has 0 N–H and O–H groups in total. The third-order valence-corrected chi connectivity index (χ3v) is 1.69. The molecule has 0 saturated carbocycles. The lowest BCUT2D eigenvalue weighted by Gasteiger charge is -2.00.